The molecule has 0 radical (unpaired) electrons. The van der Waals surface area contributed by atoms with Crippen LogP contribution in [0.5, 0.6) is 0 Å². The van der Waals surface area contributed by atoms with Crippen LogP contribution in [0.2, 0.25) is 0 Å². The fourth-order valence-electron chi connectivity index (χ4n) is 1.61. The second kappa shape index (κ2) is 8.13. The van der Waals surface area contributed by atoms with Gasteiger partial charge in [0.05, 0.1) is 0 Å². The fourth-order valence-corrected chi connectivity index (χ4v) is 3.84. The van der Waals surface area contributed by atoms with Crippen LogP contribution in [-0.2, 0) is 4.74 Å². The van der Waals surface area contributed by atoms with Gasteiger partial charge in [-0.3, -0.25) is 0 Å². The van der Waals surface area contributed by atoms with E-state index in [0.29, 0.717) is 0 Å². The van der Waals surface area contributed by atoms with Gasteiger partial charge in [-0.1, -0.05) is 45.4 Å². The Kier molecular flexibility index (Phi) is 6.49. The number of ether oxygens (including phenoxy) is 1. The highest BCUT2D eigenvalue weighted by molar-refractivity contribution is 9.10. The third-order valence-corrected chi connectivity index (χ3v) is 5.73. The molecule has 0 heterocycles. The Balaban J connectivity index is 1.88. The Labute approximate surface area is 137 Å². The molecule has 0 N–H and O–H groups in total. The quantitative estimate of drug-likeness (QED) is 0.484. The predicted octanol–water partition coefficient (Wildman–Crippen LogP) is 5.61. The minimum absolute atomic E-state index is 0.155. The molecule has 0 saturated carbocycles. The van der Waals surface area contributed by atoms with E-state index in [1.54, 1.807) is 18.9 Å². The molecule has 20 heavy (non-hydrogen) atoms. The van der Waals surface area contributed by atoms with Crippen LogP contribution in [0.3, 0.4) is 0 Å². The third kappa shape index (κ3) is 5.17. The molecule has 0 spiro atoms. The van der Waals surface area contributed by atoms with E-state index in [0.717, 1.165) is 10.2 Å². The van der Waals surface area contributed by atoms with Crippen molar-refractivity contribution in [3.8, 4) is 0 Å². The summed E-state index contributed by atoms with van der Waals surface area (Å²) in [5.41, 5.74) is 1.45. The van der Waals surface area contributed by atoms with Gasteiger partial charge in [0.2, 0.25) is 0 Å². The highest BCUT2D eigenvalue weighted by atomic mass is 79.9. The Bertz CT molecular complexity index is 525. The van der Waals surface area contributed by atoms with Gasteiger partial charge in [0.1, 0.15) is 5.44 Å². The number of aryl methyl sites for hydroxylation is 1. The van der Waals surface area contributed by atoms with Crippen LogP contribution in [-0.4, -0.2) is 18.3 Å². The first-order chi connectivity index (χ1) is 9.67. The summed E-state index contributed by atoms with van der Waals surface area (Å²) in [6, 6.07) is 16.9. The molecule has 1 atom stereocenters. The fraction of sp³-hybridized carbons (Fsp3) is 0.250. The van der Waals surface area contributed by atoms with E-state index in [1.807, 2.05) is 11.8 Å². The molecule has 1 unspecified atom stereocenters. The van der Waals surface area contributed by atoms with Crippen LogP contribution in [0.25, 0.3) is 0 Å². The lowest BCUT2D eigenvalue weighted by Gasteiger charge is -2.14. The summed E-state index contributed by atoms with van der Waals surface area (Å²) in [7, 11) is 1.77. The number of benzene rings is 2. The van der Waals surface area contributed by atoms with Crippen molar-refractivity contribution >= 4 is 39.5 Å². The summed E-state index contributed by atoms with van der Waals surface area (Å²) < 4.78 is 6.66. The van der Waals surface area contributed by atoms with Crippen LogP contribution in [0.4, 0.5) is 0 Å². The average Bonchev–Trinajstić information content (AvgIpc) is 2.47. The average molecular weight is 369 g/mol. The van der Waals surface area contributed by atoms with Gasteiger partial charge in [-0.2, -0.15) is 0 Å². The number of thioether (sulfide) groups is 2. The van der Waals surface area contributed by atoms with Gasteiger partial charge in [-0.05, 0) is 43.3 Å². The monoisotopic (exact) mass is 368 g/mol. The molecule has 1 nitrogen and oxygen atoms in total. The highest BCUT2D eigenvalue weighted by Crippen LogP contribution is 2.29. The van der Waals surface area contributed by atoms with Crippen molar-refractivity contribution in [1.82, 2.24) is 0 Å². The minimum atomic E-state index is 0.155. The molecular weight excluding hydrogens is 352 g/mol. The molecule has 0 aliphatic rings. The highest BCUT2D eigenvalue weighted by Gasteiger charge is 2.10. The molecule has 0 saturated heterocycles. The molecule has 0 aromatic heterocycles. The molecule has 2 aromatic rings. The number of rotatable bonds is 6. The van der Waals surface area contributed by atoms with E-state index in [-0.39, 0.29) is 5.44 Å². The predicted molar refractivity (Wildman–Crippen MR) is 92.7 cm³/mol. The number of hydrogen-bond donors (Lipinski definition) is 0. The number of methoxy groups -OCH3 is 1. The van der Waals surface area contributed by atoms with Crippen molar-refractivity contribution in [2.75, 3.05) is 12.9 Å². The second-order valence-corrected chi connectivity index (χ2v) is 7.60. The summed E-state index contributed by atoms with van der Waals surface area (Å²) in [5, 5.41) is 0. The van der Waals surface area contributed by atoms with E-state index in [1.165, 1.54) is 15.4 Å². The van der Waals surface area contributed by atoms with Gasteiger partial charge in [-0.15, -0.1) is 11.8 Å². The lowest BCUT2D eigenvalue weighted by molar-refractivity contribution is 0.191. The van der Waals surface area contributed by atoms with Crippen LogP contribution in [0, 0.1) is 6.92 Å². The van der Waals surface area contributed by atoms with Crippen LogP contribution in [0.15, 0.2) is 62.8 Å². The SMILES string of the molecule is COC(CSc1ccc(C)cc1)Sc1ccc(Br)cc1. The smallest absolute Gasteiger partial charge is 0.116 e. The van der Waals surface area contributed by atoms with Crippen molar-refractivity contribution in [2.24, 2.45) is 0 Å². The van der Waals surface area contributed by atoms with Crippen LogP contribution in [0.1, 0.15) is 5.56 Å². The molecule has 106 valence electrons. The van der Waals surface area contributed by atoms with Gasteiger partial charge >= 0.3 is 0 Å². The van der Waals surface area contributed by atoms with Crippen LogP contribution >= 0.6 is 39.5 Å². The molecule has 0 bridgehead atoms. The lowest BCUT2D eigenvalue weighted by atomic mass is 10.2. The largest absolute Gasteiger partial charge is 0.370 e. The number of hydrogen-bond acceptors (Lipinski definition) is 3. The van der Waals surface area contributed by atoms with Gasteiger partial charge in [0, 0.05) is 27.1 Å². The molecule has 2 rings (SSSR count). The van der Waals surface area contributed by atoms with Crippen molar-refractivity contribution < 1.29 is 4.74 Å². The standard InChI is InChI=1S/C16H17BrOS2/c1-12-3-7-14(8-4-12)19-11-16(18-2)20-15-9-5-13(17)6-10-15/h3-10,16H,11H2,1-2H3. The van der Waals surface area contributed by atoms with Crippen molar-refractivity contribution in [1.29, 1.82) is 0 Å². The summed E-state index contributed by atoms with van der Waals surface area (Å²) in [4.78, 5) is 2.51. The Morgan fingerprint density at radius 2 is 1.60 bits per heavy atom. The van der Waals surface area contributed by atoms with E-state index in [2.05, 4.69) is 71.4 Å². The van der Waals surface area contributed by atoms with E-state index in [4.69, 9.17) is 4.74 Å². The number of halogens is 1. The third-order valence-electron chi connectivity index (χ3n) is 2.75. The maximum absolute atomic E-state index is 5.56. The molecule has 0 aliphatic carbocycles. The van der Waals surface area contributed by atoms with Gasteiger partial charge in [-0.25, -0.2) is 0 Å². The summed E-state index contributed by atoms with van der Waals surface area (Å²) in [6.07, 6.45) is 0. The van der Waals surface area contributed by atoms with Crippen molar-refractivity contribution in [3.63, 3.8) is 0 Å². The molecule has 0 amide bonds. The van der Waals surface area contributed by atoms with Gasteiger partial charge in [0.15, 0.2) is 0 Å². The maximum Gasteiger partial charge on any atom is 0.116 e. The summed E-state index contributed by atoms with van der Waals surface area (Å²) in [6.45, 7) is 2.11. The molecule has 0 fully saturated rings. The molecule has 4 heteroatoms. The Hall–Kier alpha value is -0.420. The molecular formula is C16H17BrOS2. The Morgan fingerprint density at radius 1 is 1.00 bits per heavy atom. The first kappa shape index (κ1) is 16.0. The first-order valence-electron chi connectivity index (χ1n) is 6.32. The Morgan fingerprint density at radius 3 is 2.20 bits per heavy atom. The van der Waals surface area contributed by atoms with E-state index >= 15 is 0 Å². The van der Waals surface area contributed by atoms with Gasteiger partial charge < -0.3 is 4.74 Å². The summed E-state index contributed by atoms with van der Waals surface area (Å²) in [5.74, 6) is 0.931. The minimum Gasteiger partial charge on any atom is -0.370 e. The maximum atomic E-state index is 5.56. The van der Waals surface area contributed by atoms with Crippen molar-refractivity contribution in [3.05, 3.63) is 58.6 Å². The zero-order chi connectivity index (χ0) is 14.4. The molecule has 0 aliphatic heterocycles. The zero-order valence-electron chi connectivity index (χ0n) is 11.5. The topological polar surface area (TPSA) is 9.23 Å². The second-order valence-electron chi connectivity index (χ2n) is 4.36. The van der Waals surface area contributed by atoms with Crippen LogP contribution < -0.4 is 0 Å². The van der Waals surface area contributed by atoms with E-state index < -0.39 is 0 Å². The van der Waals surface area contributed by atoms with Gasteiger partial charge in [0.25, 0.3) is 0 Å². The van der Waals surface area contributed by atoms with Crippen molar-refractivity contribution in [2.45, 2.75) is 22.2 Å². The normalized spacial score (nSPS) is 12.3. The zero-order valence-corrected chi connectivity index (χ0v) is 14.7. The molecule has 2 aromatic carbocycles. The van der Waals surface area contributed by atoms with E-state index in [9.17, 15) is 0 Å². The first-order valence-corrected chi connectivity index (χ1v) is 8.97. The summed E-state index contributed by atoms with van der Waals surface area (Å²) >= 11 is 7.04. The lowest BCUT2D eigenvalue weighted by Crippen LogP contribution is -2.08.